The van der Waals surface area contributed by atoms with Gasteiger partial charge in [-0.3, -0.25) is 0 Å². The molecule has 2 rings (SSSR count). The second-order valence-corrected chi connectivity index (χ2v) is 2.96. The van der Waals surface area contributed by atoms with E-state index < -0.39 is 12.2 Å². The van der Waals surface area contributed by atoms with E-state index in [2.05, 4.69) is 5.32 Å². The maximum absolute atomic E-state index is 9.46. The minimum Gasteiger partial charge on any atom is -0.468 e. The van der Waals surface area contributed by atoms with Crippen LogP contribution in [0.4, 0.5) is 0 Å². The molecule has 3 atom stereocenters. The molecule has 0 aromatic carbocycles. The molecular formula is C8H11NO3. The van der Waals surface area contributed by atoms with Gasteiger partial charge in [0.25, 0.3) is 0 Å². The molecule has 12 heavy (non-hydrogen) atoms. The predicted octanol–water partition coefficient (Wildman–Crippen LogP) is -0.354. The summed E-state index contributed by atoms with van der Waals surface area (Å²) in [4.78, 5) is 0. The van der Waals surface area contributed by atoms with Gasteiger partial charge in [-0.05, 0) is 12.1 Å². The van der Waals surface area contributed by atoms with Crippen molar-refractivity contribution in [3.63, 3.8) is 0 Å². The van der Waals surface area contributed by atoms with E-state index in [9.17, 15) is 10.2 Å². The van der Waals surface area contributed by atoms with Crippen LogP contribution in [0.25, 0.3) is 0 Å². The second-order valence-electron chi connectivity index (χ2n) is 2.96. The Kier molecular flexibility index (Phi) is 1.88. The van der Waals surface area contributed by atoms with Crippen LogP contribution in [0, 0.1) is 0 Å². The third-order valence-corrected chi connectivity index (χ3v) is 2.13. The second kappa shape index (κ2) is 2.90. The molecule has 0 aliphatic carbocycles. The van der Waals surface area contributed by atoms with E-state index in [-0.39, 0.29) is 6.04 Å². The summed E-state index contributed by atoms with van der Waals surface area (Å²) in [6.07, 6.45) is 0.0882. The zero-order valence-electron chi connectivity index (χ0n) is 6.47. The van der Waals surface area contributed by atoms with Crippen LogP contribution < -0.4 is 5.32 Å². The van der Waals surface area contributed by atoms with Gasteiger partial charge in [-0.15, -0.1) is 0 Å². The number of furan rings is 1. The van der Waals surface area contributed by atoms with E-state index in [0.29, 0.717) is 12.3 Å². The van der Waals surface area contributed by atoms with E-state index >= 15 is 0 Å². The van der Waals surface area contributed by atoms with Crippen molar-refractivity contribution in [2.45, 2.75) is 18.2 Å². The Morgan fingerprint density at radius 3 is 2.83 bits per heavy atom. The lowest BCUT2D eigenvalue weighted by Crippen LogP contribution is -2.25. The zero-order valence-corrected chi connectivity index (χ0v) is 6.47. The highest BCUT2D eigenvalue weighted by Crippen LogP contribution is 2.23. The normalized spacial score (nSPS) is 35.7. The summed E-state index contributed by atoms with van der Waals surface area (Å²) in [7, 11) is 0. The number of aliphatic hydroxyl groups is 2. The molecule has 4 heteroatoms. The van der Waals surface area contributed by atoms with Gasteiger partial charge in [-0.1, -0.05) is 0 Å². The van der Waals surface area contributed by atoms with Crippen LogP contribution in [0.2, 0.25) is 0 Å². The number of nitrogens with one attached hydrogen (secondary N) is 1. The minimum atomic E-state index is -0.767. The van der Waals surface area contributed by atoms with Gasteiger partial charge in [0.15, 0.2) is 0 Å². The molecule has 1 aromatic heterocycles. The first kappa shape index (κ1) is 7.79. The molecule has 1 fully saturated rings. The van der Waals surface area contributed by atoms with Gasteiger partial charge in [-0.25, -0.2) is 0 Å². The third kappa shape index (κ3) is 1.14. The Labute approximate surface area is 69.8 Å². The largest absolute Gasteiger partial charge is 0.468 e. The molecule has 0 unspecified atom stereocenters. The van der Waals surface area contributed by atoms with Crippen molar-refractivity contribution in [1.29, 1.82) is 0 Å². The van der Waals surface area contributed by atoms with E-state index in [1.165, 1.54) is 0 Å². The van der Waals surface area contributed by atoms with Gasteiger partial charge < -0.3 is 19.9 Å². The lowest BCUT2D eigenvalue weighted by Gasteiger charge is -2.12. The maximum Gasteiger partial charge on any atom is 0.123 e. The van der Waals surface area contributed by atoms with Crippen molar-refractivity contribution in [3.05, 3.63) is 24.2 Å². The van der Waals surface area contributed by atoms with Crippen molar-refractivity contribution < 1.29 is 14.6 Å². The molecule has 1 saturated heterocycles. The van der Waals surface area contributed by atoms with Crippen LogP contribution in [-0.2, 0) is 0 Å². The Bertz CT molecular complexity index is 247. The molecule has 66 valence electrons. The average molecular weight is 169 g/mol. The summed E-state index contributed by atoms with van der Waals surface area (Å²) < 4.78 is 5.10. The fourth-order valence-electron chi connectivity index (χ4n) is 1.45. The molecule has 0 bridgehead atoms. The highest BCUT2D eigenvalue weighted by atomic mass is 16.3. The Morgan fingerprint density at radius 2 is 2.33 bits per heavy atom. The topological polar surface area (TPSA) is 65.6 Å². The Hall–Kier alpha value is -0.840. The standard InChI is InChI=1S/C8H11NO3/c10-5-4-9-7(8(5)11)6-2-1-3-12-6/h1-3,5,7-11H,4H2/t5-,7-,8-/m1/s1. The van der Waals surface area contributed by atoms with Crippen molar-refractivity contribution in [2.24, 2.45) is 0 Å². The fourth-order valence-corrected chi connectivity index (χ4v) is 1.45. The van der Waals surface area contributed by atoms with E-state index in [4.69, 9.17) is 4.42 Å². The predicted molar refractivity (Wildman–Crippen MR) is 41.5 cm³/mol. The van der Waals surface area contributed by atoms with Crippen molar-refractivity contribution in [2.75, 3.05) is 6.54 Å². The summed E-state index contributed by atoms with van der Waals surface area (Å²) in [5.41, 5.74) is 0. The molecule has 1 aliphatic heterocycles. The molecule has 0 saturated carbocycles. The molecule has 0 radical (unpaired) electrons. The highest BCUT2D eigenvalue weighted by molar-refractivity contribution is 5.10. The van der Waals surface area contributed by atoms with Crippen LogP contribution in [-0.4, -0.2) is 29.0 Å². The number of β-amino-alcohol motifs (C(OH)–C–C–N with tert-alkyl or cyclic N) is 1. The zero-order chi connectivity index (χ0) is 8.55. The van der Waals surface area contributed by atoms with Crippen molar-refractivity contribution in [1.82, 2.24) is 5.32 Å². The average Bonchev–Trinajstić information content (AvgIpc) is 2.64. The SMILES string of the molecule is O[C@@H]1[C@H](O)CN[C@@H]1c1ccco1. The molecular weight excluding hydrogens is 158 g/mol. The van der Waals surface area contributed by atoms with E-state index in [1.54, 1.807) is 18.4 Å². The summed E-state index contributed by atoms with van der Waals surface area (Å²) in [5.74, 6) is 0.666. The van der Waals surface area contributed by atoms with Gasteiger partial charge >= 0.3 is 0 Å². The van der Waals surface area contributed by atoms with E-state index in [0.717, 1.165) is 0 Å². The first-order valence-corrected chi connectivity index (χ1v) is 3.92. The number of hydrogen-bond donors (Lipinski definition) is 3. The number of hydrogen-bond acceptors (Lipinski definition) is 4. The first-order chi connectivity index (χ1) is 5.79. The number of aliphatic hydroxyl groups excluding tert-OH is 2. The van der Waals surface area contributed by atoms with Crippen molar-refractivity contribution in [3.8, 4) is 0 Å². The summed E-state index contributed by atoms with van der Waals surface area (Å²) in [5, 5.41) is 21.6. The van der Waals surface area contributed by atoms with Gasteiger partial charge in [0.05, 0.1) is 18.4 Å². The van der Waals surface area contributed by atoms with Crippen LogP contribution in [0.1, 0.15) is 11.8 Å². The summed E-state index contributed by atoms with van der Waals surface area (Å²) in [6, 6.07) is 3.27. The molecule has 0 amide bonds. The van der Waals surface area contributed by atoms with Gasteiger partial charge in [-0.2, -0.15) is 0 Å². The lowest BCUT2D eigenvalue weighted by molar-refractivity contribution is 0.0369. The molecule has 2 heterocycles. The van der Waals surface area contributed by atoms with Crippen LogP contribution in [0.3, 0.4) is 0 Å². The Balaban J connectivity index is 2.16. The minimum absolute atomic E-state index is 0.269. The quantitative estimate of drug-likeness (QED) is 0.537. The van der Waals surface area contributed by atoms with Gasteiger partial charge in [0.2, 0.25) is 0 Å². The molecule has 0 spiro atoms. The number of rotatable bonds is 1. The van der Waals surface area contributed by atoms with Crippen LogP contribution in [0.5, 0.6) is 0 Å². The lowest BCUT2D eigenvalue weighted by atomic mass is 10.1. The van der Waals surface area contributed by atoms with Gasteiger partial charge in [0.1, 0.15) is 11.9 Å². The van der Waals surface area contributed by atoms with E-state index in [1.807, 2.05) is 0 Å². The third-order valence-electron chi connectivity index (χ3n) is 2.13. The Morgan fingerprint density at radius 1 is 1.50 bits per heavy atom. The molecule has 1 aliphatic rings. The van der Waals surface area contributed by atoms with Crippen LogP contribution >= 0.6 is 0 Å². The van der Waals surface area contributed by atoms with Gasteiger partial charge in [0, 0.05) is 6.54 Å². The smallest absolute Gasteiger partial charge is 0.123 e. The van der Waals surface area contributed by atoms with Crippen molar-refractivity contribution >= 4 is 0 Å². The summed E-state index contributed by atoms with van der Waals surface area (Å²) >= 11 is 0. The molecule has 4 nitrogen and oxygen atoms in total. The molecule has 3 N–H and O–H groups in total. The maximum atomic E-state index is 9.46. The fraction of sp³-hybridized carbons (Fsp3) is 0.500. The monoisotopic (exact) mass is 169 g/mol. The highest BCUT2D eigenvalue weighted by Gasteiger charge is 2.35. The summed E-state index contributed by atoms with van der Waals surface area (Å²) in [6.45, 7) is 0.409. The first-order valence-electron chi connectivity index (χ1n) is 3.92. The van der Waals surface area contributed by atoms with Crippen LogP contribution in [0.15, 0.2) is 22.8 Å². The molecule has 1 aromatic rings.